The van der Waals surface area contributed by atoms with Crippen molar-refractivity contribution in [2.45, 2.75) is 19.9 Å². The molecule has 0 saturated carbocycles. The Labute approximate surface area is 120 Å². The molecule has 2 aliphatic rings. The average Bonchev–Trinajstić information content (AvgIpc) is 2.81. The first-order valence-corrected chi connectivity index (χ1v) is 8.62. The molecule has 0 spiro atoms. The molecule has 2 heterocycles. The van der Waals surface area contributed by atoms with Crippen LogP contribution >= 0.6 is 11.8 Å². The second-order valence-electron chi connectivity index (χ2n) is 5.79. The van der Waals surface area contributed by atoms with Gasteiger partial charge in [0.1, 0.15) is 0 Å². The Balaban J connectivity index is 1.90. The lowest BCUT2D eigenvalue weighted by Gasteiger charge is -2.34. The summed E-state index contributed by atoms with van der Waals surface area (Å²) in [6.07, 6.45) is 2.06. The maximum atomic E-state index is 12.4. The summed E-state index contributed by atoms with van der Waals surface area (Å²) >= 11 is 1.75. The van der Waals surface area contributed by atoms with Gasteiger partial charge < -0.3 is 9.64 Å². The van der Waals surface area contributed by atoms with Crippen molar-refractivity contribution in [3.8, 4) is 0 Å². The van der Waals surface area contributed by atoms with Crippen molar-refractivity contribution in [2.24, 2.45) is 11.8 Å². The largest absolute Gasteiger partial charge is 0.379 e. The SMILES string of the molecule is CSC[C@H](C)C(=O)N1C[C@@H](C)[C@@H](N2CCOCC2)C1. The van der Waals surface area contributed by atoms with Gasteiger partial charge in [0.25, 0.3) is 0 Å². The van der Waals surface area contributed by atoms with Gasteiger partial charge >= 0.3 is 0 Å². The van der Waals surface area contributed by atoms with Gasteiger partial charge in [0.05, 0.1) is 13.2 Å². The number of carbonyl (C=O) groups excluding carboxylic acids is 1. The van der Waals surface area contributed by atoms with Crippen molar-refractivity contribution in [3.63, 3.8) is 0 Å². The number of nitrogens with zero attached hydrogens (tertiary/aromatic N) is 2. The molecule has 0 radical (unpaired) electrons. The Kier molecular flexibility index (Phi) is 5.54. The lowest BCUT2D eigenvalue weighted by atomic mass is 10.0. The smallest absolute Gasteiger partial charge is 0.226 e. The second kappa shape index (κ2) is 6.95. The molecule has 19 heavy (non-hydrogen) atoms. The third-order valence-electron chi connectivity index (χ3n) is 4.24. The van der Waals surface area contributed by atoms with E-state index >= 15 is 0 Å². The van der Waals surface area contributed by atoms with Crippen LogP contribution in [0, 0.1) is 11.8 Å². The van der Waals surface area contributed by atoms with E-state index in [0.29, 0.717) is 17.9 Å². The standard InChI is InChI=1S/C14H26N2O2S/c1-11-8-16(14(17)12(2)10-19-3)9-13(11)15-4-6-18-7-5-15/h11-13H,4-10H2,1-3H3/t11-,12+,13+/m1/s1. The quantitative estimate of drug-likeness (QED) is 0.776. The van der Waals surface area contributed by atoms with Crippen LogP contribution in [0.5, 0.6) is 0 Å². The molecule has 0 bridgehead atoms. The number of amides is 1. The third kappa shape index (κ3) is 3.64. The Bertz CT molecular complexity index is 308. The number of morpholine rings is 1. The number of hydrogen-bond donors (Lipinski definition) is 0. The molecular formula is C14H26N2O2S. The Morgan fingerprint density at radius 1 is 1.37 bits per heavy atom. The van der Waals surface area contributed by atoms with E-state index in [9.17, 15) is 4.79 Å². The van der Waals surface area contributed by atoms with Crippen molar-refractivity contribution in [1.29, 1.82) is 0 Å². The van der Waals surface area contributed by atoms with Crippen LogP contribution in [0.4, 0.5) is 0 Å². The predicted octanol–water partition coefficient (Wildman–Crippen LogP) is 1.16. The molecule has 1 amide bonds. The van der Waals surface area contributed by atoms with Crippen molar-refractivity contribution in [2.75, 3.05) is 51.4 Å². The van der Waals surface area contributed by atoms with Crippen LogP contribution in [-0.2, 0) is 9.53 Å². The van der Waals surface area contributed by atoms with Crippen molar-refractivity contribution in [1.82, 2.24) is 9.80 Å². The highest BCUT2D eigenvalue weighted by Gasteiger charge is 2.37. The number of likely N-dealkylation sites (tertiary alicyclic amines) is 1. The number of thioether (sulfide) groups is 1. The molecule has 0 aliphatic carbocycles. The van der Waals surface area contributed by atoms with Gasteiger partial charge in [0, 0.05) is 43.9 Å². The fourth-order valence-electron chi connectivity index (χ4n) is 3.15. The van der Waals surface area contributed by atoms with Gasteiger partial charge in [-0.15, -0.1) is 0 Å². The summed E-state index contributed by atoms with van der Waals surface area (Å²) in [5.41, 5.74) is 0. The number of ether oxygens (including phenoxy) is 1. The van der Waals surface area contributed by atoms with Gasteiger partial charge in [0.15, 0.2) is 0 Å². The highest BCUT2D eigenvalue weighted by atomic mass is 32.2. The first-order valence-electron chi connectivity index (χ1n) is 7.23. The molecule has 2 saturated heterocycles. The van der Waals surface area contributed by atoms with Crippen LogP contribution in [0.15, 0.2) is 0 Å². The first kappa shape index (κ1) is 15.1. The maximum Gasteiger partial charge on any atom is 0.226 e. The Morgan fingerprint density at radius 3 is 2.68 bits per heavy atom. The summed E-state index contributed by atoms with van der Waals surface area (Å²) in [5.74, 6) is 1.97. The highest BCUT2D eigenvalue weighted by Crippen LogP contribution is 2.24. The minimum Gasteiger partial charge on any atom is -0.379 e. The summed E-state index contributed by atoms with van der Waals surface area (Å²) in [6, 6.07) is 0.523. The van der Waals surface area contributed by atoms with E-state index in [1.165, 1.54) is 0 Å². The van der Waals surface area contributed by atoms with E-state index in [1.54, 1.807) is 11.8 Å². The summed E-state index contributed by atoms with van der Waals surface area (Å²) in [4.78, 5) is 17.0. The second-order valence-corrected chi connectivity index (χ2v) is 6.70. The topological polar surface area (TPSA) is 32.8 Å². The fourth-order valence-corrected chi connectivity index (χ4v) is 3.79. The zero-order valence-electron chi connectivity index (χ0n) is 12.3. The Hall–Kier alpha value is -0.260. The van der Waals surface area contributed by atoms with Crippen LogP contribution in [0.1, 0.15) is 13.8 Å². The normalized spacial score (nSPS) is 30.6. The number of rotatable bonds is 4. The Morgan fingerprint density at radius 2 is 2.05 bits per heavy atom. The minimum absolute atomic E-state index is 0.144. The molecular weight excluding hydrogens is 260 g/mol. The van der Waals surface area contributed by atoms with E-state index in [-0.39, 0.29) is 5.92 Å². The lowest BCUT2D eigenvalue weighted by Crippen LogP contribution is -2.47. The molecule has 0 N–H and O–H groups in total. The first-order chi connectivity index (χ1) is 9.13. The number of hydrogen-bond acceptors (Lipinski definition) is 4. The molecule has 0 aromatic heterocycles. The van der Waals surface area contributed by atoms with Crippen molar-refractivity contribution >= 4 is 17.7 Å². The molecule has 5 heteroatoms. The summed E-state index contributed by atoms with van der Waals surface area (Å²) in [5, 5.41) is 0. The van der Waals surface area contributed by atoms with Crippen LogP contribution in [0.2, 0.25) is 0 Å². The zero-order valence-corrected chi connectivity index (χ0v) is 13.1. The van der Waals surface area contributed by atoms with E-state index in [1.807, 2.05) is 6.92 Å². The van der Waals surface area contributed by atoms with Gasteiger partial charge in [-0.25, -0.2) is 0 Å². The molecule has 2 aliphatic heterocycles. The fraction of sp³-hybridized carbons (Fsp3) is 0.929. The summed E-state index contributed by atoms with van der Waals surface area (Å²) < 4.78 is 5.41. The molecule has 0 unspecified atom stereocenters. The lowest BCUT2D eigenvalue weighted by molar-refractivity contribution is -0.133. The molecule has 2 rings (SSSR count). The van der Waals surface area contributed by atoms with Crippen LogP contribution < -0.4 is 0 Å². The van der Waals surface area contributed by atoms with Crippen molar-refractivity contribution in [3.05, 3.63) is 0 Å². The molecule has 3 atom stereocenters. The van der Waals surface area contributed by atoms with Gasteiger partial charge in [-0.3, -0.25) is 9.69 Å². The summed E-state index contributed by atoms with van der Waals surface area (Å²) in [6.45, 7) is 9.82. The molecule has 110 valence electrons. The summed E-state index contributed by atoms with van der Waals surface area (Å²) in [7, 11) is 0. The molecule has 2 fully saturated rings. The van der Waals surface area contributed by atoms with Gasteiger partial charge in [-0.2, -0.15) is 11.8 Å². The van der Waals surface area contributed by atoms with Gasteiger partial charge in [-0.05, 0) is 12.2 Å². The molecule has 0 aromatic carbocycles. The van der Waals surface area contributed by atoms with E-state index < -0.39 is 0 Å². The average molecular weight is 286 g/mol. The van der Waals surface area contributed by atoms with Crippen LogP contribution in [0.25, 0.3) is 0 Å². The monoisotopic (exact) mass is 286 g/mol. The minimum atomic E-state index is 0.144. The zero-order chi connectivity index (χ0) is 13.8. The molecule has 0 aromatic rings. The van der Waals surface area contributed by atoms with Gasteiger partial charge in [-0.1, -0.05) is 13.8 Å². The van der Waals surface area contributed by atoms with E-state index in [0.717, 1.165) is 45.1 Å². The molecule has 4 nitrogen and oxygen atoms in total. The van der Waals surface area contributed by atoms with Crippen molar-refractivity contribution < 1.29 is 9.53 Å². The van der Waals surface area contributed by atoms with E-state index in [2.05, 4.69) is 23.0 Å². The van der Waals surface area contributed by atoms with Crippen LogP contribution in [-0.4, -0.2) is 73.2 Å². The predicted molar refractivity (Wildman–Crippen MR) is 79.5 cm³/mol. The highest BCUT2D eigenvalue weighted by molar-refractivity contribution is 7.98. The van der Waals surface area contributed by atoms with E-state index in [4.69, 9.17) is 4.74 Å². The van der Waals surface area contributed by atoms with Crippen LogP contribution in [0.3, 0.4) is 0 Å². The third-order valence-corrected chi connectivity index (χ3v) is 5.07. The number of carbonyl (C=O) groups is 1. The van der Waals surface area contributed by atoms with Gasteiger partial charge in [0.2, 0.25) is 5.91 Å². The maximum absolute atomic E-state index is 12.4.